The summed E-state index contributed by atoms with van der Waals surface area (Å²) in [5.74, 6) is 0.711. The zero-order chi connectivity index (χ0) is 24.2. The van der Waals surface area contributed by atoms with Gasteiger partial charge in [-0.25, -0.2) is 0 Å². The predicted octanol–water partition coefficient (Wildman–Crippen LogP) is 7.69. The molecule has 0 N–H and O–H groups in total. The molecule has 0 spiro atoms. The van der Waals surface area contributed by atoms with Gasteiger partial charge in [0.2, 0.25) is 0 Å². The highest BCUT2D eigenvalue weighted by Gasteiger charge is 2.35. The summed E-state index contributed by atoms with van der Waals surface area (Å²) < 4.78 is 13.0. The van der Waals surface area contributed by atoms with Crippen LogP contribution < -0.4 is 9.47 Å². The molecule has 2 amide bonds. The zero-order valence-corrected chi connectivity index (χ0v) is 22.6. The molecule has 0 saturated carbocycles. The second-order valence-electron chi connectivity index (χ2n) is 7.31. The van der Waals surface area contributed by atoms with E-state index in [1.165, 1.54) is 4.90 Å². The van der Waals surface area contributed by atoms with Crippen LogP contribution >= 0.6 is 55.2 Å². The van der Waals surface area contributed by atoms with E-state index in [1.807, 2.05) is 42.5 Å². The van der Waals surface area contributed by atoms with Gasteiger partial charge in [-0.2, -0.15) is 0 Å². The van der Waals surface area contributed by atoms with Crippen LogP contribution in [0.4, 0.5) is 4.79 Å². The number of methoxy groups -OCH3 is 1. The van der Waals surface area contributed by atoms with E-state index in [2.05, 4.69) is 31.9 Å². The normalized spacial score (nSPS) is 14.7. The molecule has 174 valence electrons. The summed E-state index contributed by atoms with van der Waals surface area (Å²) in [7, 11) is 1.55. The number of nitrogens with zero attached hydrogens (tertiary/aromatic N) is 1. The first kappa shape index (κ1) is 24.9. The van der Waals surface area contributed by atoms with Crippen LogP contribution in [0.1, 0.15) is 16.7 Å². The van der Waals surface area contributed by atoms with E-state index in [0.717, 1.165) is 27.4 Å². The van der Waals surface area contributed by atoms with Crippen LogP contribution in [0.25, 0.3) is 6.08 Å². The van der Waals surface area contributed by atoms with Gasteiger partial charge in [0.1, 0.15) is 6.61 Å². The second kappa shape index (κ2) is 11.0. The summed E-state index contributed by atoms with van der Waals surface area (Å²) in [6.07, 6.45) is 1.68. The number of hydrogen-bond acceptors (Lipinski definition) is 5. The average molecular weight is 624 g/mol. The summed E-state index contributed by atoms with van der Waals surface area (Å²) in [5, 5.41) is 0.355. The fourth-order valence-electron chi connectivity index (χ4n) is 3.28. The number of benzene rings is 3. The number of amides is 2. The van der Waals surface area contributed by atoms with Crippen molar-refractivity contribution in [1.29, 1.82) is 0 Å². The molecule has 0 atom stereocenters. The molecule has 0 unspecified atom stereocenters. The largest absolute Gasteiger partial charge is 0.493 e. The second-order valence-corrected chi connectivity index (χ2v) is 10.4. The number of carbonyl (C=O) groups is 2. The lowest BCUT2D eigenvalue weighted by Gasteiger charge is -2.14. The molecule has 3 aromatic carbocycles. The maximum absolute atomic E-state index is 12.9. The van der Waals surface area contributed by atoms with E-state index in [4.69, 9.17) is 21.1 Å². The molecule has 5 nitrogen and oxygen atoms in total. The monoisotopic (exact) mass is 621 g/mol. The first-order valence-corrected chi connectivity index (χ1v) is 12.9. The third kappa shape index (κ3) is 5.68. The van der Waals surface area contributed by atoms with Crippen molar-refractivity contribution >= 4 is 72.4 Å². The van der Waals surface area contributed by atoms with Crippen molar-refractivity contribution in [2.24, 2.45) is 0 Å². The van der Waals surface area contributed by atoms with Gasteiger partial charge in [0.25, 0.3) is 11.1 Å². The van der Waals surface area contributed by atoms with E-state index in [0.29, 0.717) is 38.1 Å². The average Bonchev–Trinajstić information content (AvgIpc) is 3.07. The Hall–Kier alpha value is -2.26. The highest BCUT2D eigenvalue weighted by atomic mass is 79.9. The van der Waals surface area contributed by atoms with Crippen molar-refractivity contribution in [3.63, 3.8) is 0 Å². The van der Waals surface area contributed by atoms with Gasteiger partial charge >= 0.3 is 0 Å². The molecule has 1 heterocycles. The fraction of sp³-hybridized carbons (Fsp3) is 0.120. The lowest BCUT2D eigenvalue weighted by molar-refractivity contribution is -0.123. The Balaban J connectivity index is 1.53. The molecule has 34 heavy (non-hydrogen) atoms. The molecule has 0 aliphatic carbocycles. The summed E-state index contributed by atoms with van der Waals surface area (Å²) in [5.41, 5.74) is 2.52. The lowest BCUT2D eigenvalue weighted by atomic mass is 10.1. The number of hydrogen-bond donors (Lipinski definition) is 0. The van der Waals surface area contributed by atoms with E-state index in [-0.39, 0.29) is 17.7 Å². The molecule has 1 saturated heterocycles. The van der Waals surface area contributed by atoms with Gasteiger partial charge in [-0.15, -0.1) is 0 Å². The number of carbonyl (C=O) groups excluding carboxylic acids is 2. The topological polar surface area (TPSA) is 55.8 Å². The summed E-state index contributed by atoms with van der Waals surface area (Å²) >= 11 is 13.9. The summed E-state index contributed by atoms with van der Waals surface area (Å²) in [6, 6.07) is 18.5. The highest BCUT2D eigenvalue weighted by Crippen LogP contribution is 2.40. The van der Waals surface area contributed by atoms with Crippen LogP contribution in [-0.4, -0.2) is 23.2 Å². The van der Waals surface area contributed by atoms with Crippen LogP contribution in [0.3, 0.4) is 0 Å². The molecule has 0 bridgehead atoms. The van der Waals surface area contributed by atoms with Gasteiger partial charge in [0.15, 0.2) is 11.5 Å². The van der Waals surface area contributed by atoms with Gasteiger partial charge in [-0.1, -0.05) is 57.9 Å². The van der Waals surface area contributed by atoms with Crippen molar-refractivity contribution in [2.45, 2.75) is 13.2 Å². The third-order valence-corrected chi connectivity index (χ3v) is 7.53. The predicted molar refractivity (Wildman–Crippen MR) is 142 cm³/mol. The van der Waals surface area contributed by atoms with Crippen molar-refractivity contribution in [2.75, 3.05) is 7.11 Å². The van der Waals surface area contributed by atoms with Crippen LogP contribution in [0.2, 0.25) is 5.02 Å². The first-order chi connectivity index (χ1) is 16.4. The van der Waals surface area contributed by atoms with Gasteiger partial charge in [0, 0.05) is 9.50 Å². The minimum absolute atomic E-state index is 0.202. The minimum atomic E-state index is -0.330. The van der Waals surface area contributed by atoms with Gasteiger partial charge in [-0.3, -0.25) is 14.5 Å². The summed E-state index contributed by atoms with van der Waals surface area (Å²) in [6.45, 7) is 0.535. The van der Waals surface area contributed by atoms with E-state index in [1.54, 1.807) is 31.4 Å². The maximum atomic E-state index is 12.9. The first-order valence-electron chi connectivity index (χ1n) is 10.1. The molecule has 0 aromatic heterocycles. The van der Waals surface area contributed by atoms with E-state index >= 15 is 0 Å². The van der Waals surface area contributed by atoms with Crippen LogP contribution in [0.5, 0.6) is 11.5 Å². The Bertz CT molecular complexity index is 1280. The maximum Gasteiger partial charge on any atom is 0.293 e. The van der Waals surface area contributed by atoms with Crippen LogP contribution in [0, 0.1) is 0 Å². The van der Waals surface area contributed by atoms with Gasteiger partial charge in [-0.05, 0) is 80.8 Å². The molecular weight excluding hydrogens is 606 g/mol. The Labute approximate surface area is 223 Å². The standard InChI is InChI=1S/C25H18Br2ClNO4S/c1-32-21-11-16(10-20(27)23(21)33-14-15-6-8-18(28)9-7-15)12-22-24(30)29(25(31)34-22)13-17-4-2-3-5-19(17)26/h2-12H,13-14H2,1H3/b22-12-. The summed E-state index contributed by atoms with van der Waals surface area (Å²) in [4.78, 5) is 27.1. The van der Waals surface area contributed by atoms with E-state index < -0.39 is 0 Å². The van der Waals surface area contributed by atoms with Gasteiger partial charge < -0.3 is 9.47 Å². The van der Waals surface area contributed by atoms with Crippen molar-refractivity contribution in [3.8, 4) is 11.5 Å². The number of thioether (sulfide) groups is 1. The smallest absolute Gasteiger partial charge is 0.293 e. The molecule has 9 heteroatoms. The lowest BCUT2D eigenvalue weighted by Crippen LogP contribution is -2.27. The number of imide groups is 1. The Morgan fingerprint density at radius 3 is 2.47 bits per heavy atom. The Morgan fingerprint density at radius 1 is 1.03 bits per heavy atom. The van der Waals surface area contributed by atoms with Crippen molar-refractivity contribution in [3.05, 3.63) is 96.2 Å². The third-order valence-electron chi connectivity index (χ3n) is 5.01. The van der Waals surface area contributed by atoms with Crippen molar-refractivity contribution < 1.29 is 19.1 Å². The minimum Gasteiger partial charge on any atom is -0.493 e. The van der Waals surface area contributed by atoms with Crippen molar-refractivity contribution in [1.82, 2.24) is 4.90 Å². The molecule has 4 rings (SSSR count). The number of rotatable bonds is 7. The number of ether oxygens (including phenoxy) is 2. The van der Waals surface area contributed by atoms with E-state index in [9.17, 15) is 9.59 Å². The number of halogens is 3. The van der Waals surface area contributed by atoms with Crippen LogP contribution in [-0.2, 0) is 17.9 Å². The Kier molecular flexibility index (Phi) is 8.03. The SMILES string of the molecule is COc1cc(/C=C2\SC(=O)N(Cc3ccccc3Br)C2=O)cc(Br)c1OCc1ccc(Cl)cc1. The quantitative estimate of drug-likeness (QED) is 0.253. The fourth-order valence-corrected chi connectivity index (χ4v) is 5.23. The molecular formula is C25H18Br2ClNO4S. The van der Waals surface area contributed by atoms with Gasteiger partial charge in [0.05, 0.1) is 23.0 Å². The Morgan fingerprint density at radius 2 is 1.76 bits per heavy atom. The zero-order valence-electron chi connectivity index (χ0n) is 17.9. The molecule has 1 aliphatic rings. The van der Waals surface area contributed by atoms with Crippen LogP contribution in [0.15, 0.2) is 74.5 Å². The highest BCUT2D eigenvalue weighted by molar-refractivity contribution is 9.10. The molecule has 0 radical (unpaired) electrons. The molecule has 1 aliphatic heterocycles. The molecule has 1 fully saturated rings. The molecule has 3 aromatic rings.